The fourth-order valence-corrected chi connectivity index (χ4v) is 3.50. The molecule has 2 aliphatic rings. The van der Waals surface area contributed by atoms with Gasteiger partial charge in [0.2, 0.25) is 0 Å². The van der Waals surface area contributed by atoms with Crippen LogP contribution in [-0.4, -0.2) is 35.7 Å². The van der Waals surface area contributed by atoms with Crippen molar-refractivity contribution in [2.24, 2.45) is 11.8 Å². The van der Waals surface area contributed by atoms with Crippen LogP contribution in [0.25, 0.3) is 0 Å². The molecule has 1 heterocycles. The SMILES string of the molecule is CCC1CCC(N2CCCC(CO)C2)CC1. The predicted octanol–water partition coefficient (Wildman–Crippen LogP) is 2.66. The topological polar surface area (TPSA) is 23.5 Å². The first-order valence-electron chi connectivity index (χ1n) is 7.18. The van der Waals surface area contributed by atoms with E-state index in [1.807, 2.05) is 0 Å². The van der Waals surface area contributed by atoms with Crippen molar-refractivity contribution in [1.29, 1.82) is 0 Å². The van der Waals surface area contributed by atoms with Gasteiger partial charge in [0.25, 0.3) is 0 Å². The molecule has 0 bridgehead atoms. The first kappa shape index (κ1) is 12.4. The van der Waals surface area contributed by atoms with Crippen LogP contribution in [0.15, 0.2) is 0 Å². The van der Waals surface area contributed by atoms with Crippen molar-refractivity contribution in [2.45, 2.75) is 57.9 Å². The van der Waals surface area contributed by atoms with Crippen molar-refractivity contribution in [3.63, 3.8) is 0 Å². The Morgan fingerprint density at radius 3 is 2.44 bits per heavy atom. The minimum absolute atomic E-state index is 0.390. The van der Waals surface area contributed by atoms with Gasteiger partial charge in [-0.05, 0) is 56.9 Å². The van der Waals surface area contributed by atoms with E-state index >= 15 is 0 Å². The number of likely N-dealkylation sites (tertiary alicyclic amines) is 1. The first-order valence-corrected chi connectivity index (χ1v) is 7.18. The largest absolute Gasteiger partial charge is 0.396 e. The maximum atomic E-state index is 9.26. The Morgan fingerprint density at radius 2 is 1.81 bits per heavy atom. The van der Waals surface area contributed by atoms with Gasteiger partial charge in [0.05, 0.1) is 0 Å². The maximum Gasteiger partial charge on any atom is 0.0471 e. The van der Waals surface area contributed by atoms with E-state index in [4.69, 9.17) is 0 Å². The number of piperidine rings is 1. The van der Waals surface area contributed by atoms with Crippen LogP contribution in [0.5, 0.6) is 0 Å². The summed E-state index contributed by atoms with van der Waals surface area (Å²) in [6, 6.07) is 0.831. The maximum absolute atomic E-state index is 9.26. The van der Waals surface area contributed by atoms with Crippen molar-refractivity contribution in [2.75, 3.05) is 19.7 Å². The van der Waals surface area contributed by atoms with Gasteiger partial charge in [0.15, 0.2) is 0 Å². The summed E-state index contributed by atoms with van der Waals surface area (Å²) in [6.45, 7) is 5.14. The highest BCUT2D eigenvalue weighted by atomic mass is 16.3. The van der Waals surface area contributed by atoms with Gasteiger partial charge < -0.3 is 10.0 Å². The molecule has 1 aliphatic carbocycles. The first-order chi connectivity index (χ1) is 7.83. The summed E-state index contributed by atoms with van der Waals surface area (Å²) in [7, 11) is 0. The molecule has 0 spiro atoms. The molecule has 0 aromatic heterocycles. The van der Waals surface area contributed by atoms with E-state index in [0.717, 1.165) is 18.5 Å². The van der Waals surface area contributed by atoms with Crippen LogP contribution in [0.4, 0.5) is 0 Å². The summed E-state index contributed by atoms with van der Waals surface area (Å²) >= 11 is 0. The van der Waals surface area contributed by atoms with Gasteiger partial charge >= 0.3 is 0 Å². The molecule has 2 fully saturated rings. The molecule has 1 aliphatic heterocycles. The monoisotopic (exact) mass is 225 g/mol. The number of nitrogens with zero attached hydrogens (tertiary/aromatic N) is 1. The highest BCUT2D eigenvalue weighted by molar-refractivity contribution is 4.83. The molecule has 2 heteroatoms. The van der Waals surface area contributed by atoms with Crippen molar-refractivity contribution in [1.82, 2.24) is 4.90 Å². The van der Waals surface area contributed by atoms with Gasteiger partial charge in [-0.2, -0.15) is 0 Å². The smallest absolute Gasteiger partial charge is 0.0471 e. The number of aliphatic hydroxyl groups excluding tert-OH is 1. The Bertz CT molecular complexity index is 199. The molecule has 1 atom stereocenters. The number of aliphatic hydroxyl groups is 1. The standard InChI is InChI=1S/C14H27NO/c1-2-12-5-7-14(8-6-12)15-9-3-4-13(10-15)11-16/h12-14,16H,2-11H2,1H3. The summed E-state index contributed by atoms with van der Waals surface area (Å²) in [5.41, 5.74) is 0. The average Bonchev–Trinajstić information content (AvgIpc) is 2.39. The third-order valence-corrected chi connectivity index (χ3v) is 4.72. The third kappa shape index (κ3) is 2.98. The summed E-state index contributed by atoms with van der Waals surface area (Å²) in [4.78, 5) is 2.66. The highest BCUT2D eigenvalue weighted by Crippen LogP contribution is 2.31. The van der Waals surface area contributed by atoms with Crippen molar-refractivity contribution in [3.05, 3.63) is 0 Å². The zero-order valence-corrected chi connectivity index (χ0v) is 10.7. The molecular formula is C14H27NO. The molecule has 0 aromatic rings. The van der Waals surface area contributed by atoms with Crippen LogP contribution in [0, 0.1) is 11.8 Å². The second-order valence-corrected chi connectivity index (χ2v) is 5.77. The quantitative estimate of drug-likeness (QED) is 0.798. The van der Waals surface area contributed by atoms with E-state index in [2.05, 4.69) is 11.8 Å². The molecule has 1 saturated carbocycles. The fraction of sp³-hybridized carbons (Fsp3) is 1.00. The Hall–Kier alpha value is -0.0800. The van der Waals surface area contributed by atoms with Crippen molar-refractivity contribution in [3.8, 4) is 0 Å². The van der Waals surface area contributed by atoms with E-state index in [9.17, 15) is 5.11 Å². The van der Waals surface area contributed by atoms with Crippen LogP contribution in [0.1, 0.15) is 51.9 Å². The second kappa shape index (κ2) is 6.02. The molecule has 0 radical (unpaired) electrons. The molecule has 2 nitrogen and oxygen atoms in total. The molecule has 0 amide bonds. The molecule has 94 valence electrons. The van der Waals surface area contributed by atoms with Crippen LogP contribution in [0.3, 0.4) is 0 Å². The Balaban J connectivity index is 1.79. The lowest BCUT2D eigenvalue weighted by Gasteiger charge is -2.41. The molecule has 1 N–H and O–H groups in total. The zero-order chi connectivity index (χ0) is 11.4. The summed E-state index contributed by atoms with van der Waals surface area (Å²) in [5, 5.41) is 9.26. The second-order valence-electron chi connectivity index (χ2n) is 5.77. The van der Waals surface area contributed by atoms with Gasteiger partial charge in [0.1, 0.15) is 0 Å². The van der Waals surface area contributed by atoms with Crippen LogP contribution in [0.2, 0.25) is 0 Å². The van der Waals surface area contributed by atoms with Crippen LogP contribution in [-0.2, 0) is 0 Å². The summed E-state index contributed by atoms with van der Waals surface area (Å²) < 4.78 is 0. The minimum atomic E-state index is 0.390. The minimum Gasteiger partial charge on any atom is -0.396 e. The number of hydrogen-bond acceptors (Lipinski definition) is 2. The lowest BCUT2D eigenvalue weighted by atomic mass is 9.83. The Kier molecular flexibility index (Phi) is 4.66. The lowest BCUT2D eigenvalue weighted by molar-refractivity contribution is 0.0642. The van der Waals surface area contributed by atoms with Crippen molar-refractivity contribution < 1.29 is 5.11 Å². The van der Waals surface area contributed by atoms with E-state index in [1.165, 1.54) is 51.5 Å². The molecule has 0 aromatic carbocycles. The van der Waals surface area contributed by atoms with Crippen LogP contribution >= 0.6 is 0 Å². The van der Waals surface area contributed by atoms with Gasteiger partial charge in [-0.15, -0.1) is 0 Å². The lowest BCUT2D eigenvalue weighted by Crippen LogP contribution is -2.45. The number of hydrogen-bond donors (Lipinski definition) is 1. The Morgan fingerprint density at radius 1 is 1.06 bits per heavy atom. The summed E-state index contributed by atoms with van der Waals surface area (Å²) in [5.74, 6) is 1.55. The predicted molar refractivity (Wildman–Crippen MR) is 67.4 cm³/mol. The number of rotatable bonds is 3. The van der Waals surface area contributed by atoms with E-state index in [-0.39, 0.29) is 0 Å². The Labute approximate surface area is 100 Å². The fourth-order valence-electron chi connectivity index (χ4n) is 3.50. The average molecular weight is 225 g/mol. The molecule has 16 heavy (non-hydrogen) atoms. The highest BCUT2D eigenvalue weighted by Gasteiger charge is 2.28. The molecule has 1 unspecified atom stereocenters. The van der Waals surface area contributed by atoms with Crippen LogP contribution < -0.4 is 0 Å². The summed E-state index contributed by atoms with van der Waals surface area (Å²) in [6.07, 6.45) is 9.55. The van der Waals surface area contributed by atoms with E-state index in [0.29, 0.717) is 12.5 Å². The molecular weight excluding hydrogens is 198 g/mol. The van der Waals surface area contributed by atoms with Crippen molar-refractivity contribution >= 4 is 0 Å². The van der Waals surface area contributed by atoms with E-state index < -0.39 is 0 Å². The van der Waals surface area contributed by atoms with Gasteiger partial charge in [-0.3, -0.25) is 0 Å². The van der Waals surface area contributed by atoms with E-state index in [1.54, 1.807) is 0 Å². The molecule has 1 saturated heterocycles. The van der Waals surface area contributed by atoms with Gasteiger partial charge in [0, 0.05) is 19.2 Å². The van der Waals surface area contributed by atoms with Gasteiger partial charge in [-0.25, -0.2) is 0 Å². The molecule has 2 rings (SSSR count). The zero-order valence-electron chi connectivity index (χ0n) is 10.7. The normalized spacial score (nSPS) is 37.5. The third-order valence-electron chi connectivity index (χ3n) is 4.72. The van der Waals surface area contributed by atoms with Gasteiger partial charge in [-0.1, -0.05) is 13.3 Å².